The second-order valence-corrected chi connectivity index (χ2v) is 6.69. The van der Waals surface area contributed by atoms with Gasteiger partial charge in [0, 0.05) is 18.2 Å². The van der Waals surface area contributed by atoms with Crippen molar-refractivity contribution in [3.63, 3.8) is 0 Å². The summed E-state index contributed by atoms with van der Waals surface area (Å²) in [4.78, 5) is 27.6. The molecule has 1 N–H and O–H groups in total. The number of carbonyl (C=O) groups is 1. The van der Waals surface area contributed by atoms with Gasteiger partial charge in [-0.2, -0.15) is 0 Å². The standard InChI is InChI=1S/C23H28N4O4/c1-15-9-7-12-20(22(27-30-6)23(28)24-4)21(15)14-31-26-17(3)19-11-8-10-18(13-19)16(2)25-29-5/h7-13H,14H2,1-6H3,(H,24,28)/b25-16+,26-17+,27-22+. The molecule has 2 rings (SSSR count). The molecule has 0 aliphatic heterocycles. The first kappa shape index (κ1) is 23.6. The van der Waals surface area contributed by atoms with Gasteiger partial charge in [0.25, 0.3) is 5.91 Å². The van der Waals surface area contributed by atoms with Crippen LogP contribution >= 0.6 is 0 Å². The lowest BCUT2D eigenvalue weighted by Crippen LogP contribution is -2.29. The van der Waals surface area contributed by atoms with Crippen molar-refractivity contribution in [2.45, 2.75) is 27.4 Å². The van der Waals surface area contributed by atoms with Crippen LogP contribution in [-0.2, 0) is 25.9 Å². The van der Waals surface area contributed by atoms with Crippen LogP contribution in [0, 0.1) is 6.92 Å². The molecule has 164 valence electrons. The van der Waals surface area contributed by atoms with E-state index in [0.29, 0.717) is 11.3 Å². The maximum atomic E-state index is 12.3. The van der Waals surface area contributed by atoms with Crippen LogP contribution in [0.1, 0.15) is 41.7 Å². The van der Waals surface area contributed by atoms with Crippen molar-refractivity contribution in [1.29, 1.82) is 0 Å². The zero-order chi connectivity index (χ0) is 22.8. The first-order valence-corrected chi connectivity index (χ1v) is 9.70. The Balaban J connectivity index is 2.27. The topological polar surface area (TPSA) is 93.9 Å². The molecule has 0 spiro atoms. The maximum absolute atomic E-state index is 12.3. The van der Waals surface area contributed by atoms with Gasteiger partial charge >= 0.3 is 0 Å². The average Bonchev–Trinajstić information content (AvgIpc) is 2.78. The Morgan fingerprint density at radius 1 is 0.935 bits per heavy atom. The van der Waals surface area contributed by atoms with Crippen molar-refractivity contribution < 1.29 is 19.3 Å². The van der Waals surface area contributed by atoms with Gasteiger partial charge in [0.2, 0.25) is 0 Å². The van der Waals surface area contributed by atoms with Crippen LogP contribution in [0.5, 0.6) is 0 Å². The van der Waals surface area contributed by atoms with Gasteiger partial charge in [0.15, 0.2) is 5.71 Å². The number of hydrogen-bond donors (Lipinski definition) is 1. The summed E-state index contributed by atoms with van der Waals surface area (Å²) >= 11 is 0. The number of hydrogen-bond acceptors (Lipinski definition) is 7. The summed E-state index contributed by atoms with van der Waals surface area (Å²) in [6.07, 6.45) is 0. The van der Waals surface area contributed by atoms with Gasteiger partial charge < -0.3 is 19.8 Å². The van der Waals surface area contributed by atoms with Gasteiger partial charge in [-0.25, -0.2) is 0 Å². The third-order valence-electron chi connectivity index (χ3n) is 4.63. The molecule has 0 aliphatic rings. The molecular weight excluding hydrogens is 396 g/mol. The summed E-state index contributed by atoms with van der Waals surface area (Å²) in [5.41, 5.74) is 5.86. The van der Waals surface area contributed by atoms with Gasteiger partial charge in [-0.1, -0.05) is 51.9 Å². The number of oxime groups is 3. The van der Waals surface area contributed by atoms with Crippen LogP contribution in [0.15, 0.2) is 57.9 Å². The van der Waals surface area contributed by atoms with Crippen molar-refractivity contribution in [2.24, 2.45) is 15.5 Å². The Bertz CT molecular complexity index is 1010. The molecule has 0 aromatic heterocycles. The lowest BCUT2D eigenvalue weighted by Gasteiger charge is -2.13. The van der Waals surface area contributed by atoms with Crippen LogP contribution in [0.25, 0.3) is 0 Å². The highest BCUT2D eigenvalue weighted by molar-refractivity contribution is 6.45. The van der Waals surface area contributed by atoms with E-state index in [4.69, 9.17) is 14.5 Å². The zero-order valence-electron chi connectivity index (χ0n) is 18.7. The average molecular weight is 425 g/mol. The second kappa shape index (κ2) is 11.5. The van der Waals surface area contributed by atoms with Gasteiger partial charge in [-0.15, -0.1) is 0 Å². The first-order chi connectivity index (χ1) is 14.9. The third kappa shape index (κ3) is 6.15. The number of benzene rings is 2. The molecule has 2 aromatic carbocycles. The third-order valence-corrected chi connectivity index (χ3v) is 4.63. The van der Waals surface area contributed by atoms with E-state index in [1.165, 1.54) is 14.2 Å². The molecule has 31 heavy (non-hydrogen) atoms. The molecule has 0 saturated heterocycles. The predicted octanol–water partition coefficient (Wildman–Crippen LogP) is 3.40. The predicted molar refractivity (Wildman–Crippen MR) is 121 cm³/mol. The number of nitrogens with zero attached hydrogens (tertiary/aromatic N) is 3. The number of aryl methyl sites for hydroxylation is 1. The van der Waals surface area contributed by atoms with Gasteiger partial charge in [-0.05, 0) is 43.5 Å². The van der Waals surface area contributed by atoms with Crippen molar-refractivity contribution in [3.8, 4) is 0 Å². The summed E-state index contributed by atoms with van der Waals surface area (Å²) in [5.74, 6) is -0.349. The summed E-state index contributed by atoms with van der Waals surface area (Å²) in [5, 5.41) is 14.7. The lowest BCUT2D eigenvalue weighted by molar-refractivity contribution is -0.114. The maximum Gasteiger partial charge on any atom is 0.273 e. The minimum absolute atomic E-state index is 0.170. The molecule has 8 heteroatoms. The highest BCUT2D eigenvalue weighted by Gasteiger charge is 2.19. The summed E-state index contributed by atoms with van der Waals surface area (Å²) in [6, 6.07) is 13.4. The fraction of sp³-hybridized carbons (Fsp3) is 0.304. The molecule has 0 aliphatic carbocycles. The Kier molecular flexibility index (Phi) is 8.75. The van der Waals surface area contributed by atoms with Crippen LogP contribution in [0.3, 0.4) is 0 Å². The van der Waals surface area contributed by atoms with E-state index in [9.17, 15) is 4.79 Å². The molecule has 0 radical (unpaired) electrons. The quantitative estimate of drug-likeness (QED) is 0.493. The summed E-state index contributed by atoms with van der Waals surface area (Å²) in [6.45, 7) is 5.84. The SMILES string of the molecule is CNC(=O)/C(=N/OC)c1cccc(C)c1CO/N=C(\C)c1cccc(/C(C)=N/OC)c1. The molecular formula is C23H28N4O4. The Morgan fingerprint density at radius 3 is 2.16 bits per heavy atom. The van der Waals surface area contributed by atoms with E-state index in [1.54, 1.807) is 13.1 Å². The Labute approximate surface area is 182 Å². The molecule has 0 saturated carbocycles. The fourth-order valence-corrected chi connectivity index (χ4v) is 2.94. The monoisotopic (exact) mass is 424 g/mol. The second-order valence-electron chi connectivity index (χ2n) is 6.69. The number of carbonyl (C=O) groups excluding carboxylic acids is 1. The summed E-state index contributed by atoms with van der Waals surface area (Å²) in [7, 11) is 4.46. The van der Waals surface area contributed by atoms with Crippen LogP contribution in [0.4, 0.5) is 0 Å². The van der Waals surface area contributed by atoms with Crippen molar-refractivity contribution in [3.05, 3.63) is 70.3 Å². The van der Waals surface area contributed by atoms with Crippen molar-refractivity contribution in [2.75, 3.05) is 21.3 Å². The van der Waals surface area contributed by atoms with Crippen LogP contribution in [0.2, 0.25) is 0 Å². The molecule has 1 amide bonds. The molecule has 8 nitrogen and oxygen atoms in total. The molecule has 0 fully saturated rings. The van der Waals surface area contributed by atoms with E-state index >= 15 is 0 Å². The van der Waals surface area contributed by atoms with Gasteiger partial charge in [-0.3, -0.25) is 4.79 Å². The van der Waals surface area contributed by atoms with Gasteiger partial charge in [0.05, 0.1) is 11.4 Å². The molecule has 0 bridgehead atoms. The van der Waals surface area contributed by atoms with E-state index in [1.807, 2.05) is 57.2 Å². The normalized spacial score (nSPS) is 12.4. The minimum atomic E-state index is -0.349. The van der Waals surface area contributed by atoms with Gasteiger partial charge in [0.1, 0.15) is 20.8 Å². The largest absolute Gasteiger partial charge is 0.399 e. The van der Waals surface area contributed by atoms with Crippen LogP contribution in [-0.4, -0.2) is 44.3 Å². The van der Waals surface area contributed by atoms with Crippen LogP contribution < -0.4 is 5.32 Å². The zero-order valence-corrected chi connectivity index (χ0v) is 18.7. The van der Waals surface area contributed by atoms with Crippen molar-refractivity contribution in [1.82, 2.24) is 5.32 Å². The Hall–Kier alpha value is -3.68. The molecule has 0 atom stereocenters. The lowest BCUT2D eigenvalue weighted by atomic mass is 9.98. The molecule has 0 heterocycles. The molecule has 0 unspecified atom stereocenters. The molecule has 2 aromatic rings. The van der Waals surface area contributed by atoms with Crippen molar-refractivity contribution >= 4 is 23.0 Å². The number of amides is 1. The Morgan fingerprint density at radius 2 is 1.55 bits per heavy atom. The fourth-order valence-electron chi connectivity index (χ4n) is 2.94. The van der Waals surface area contributed by atoms with E-state index in [0.717, 1.165) is 28.0 Å². The van der Waals surface area contributed by atoms with E-state index in [-0.39, 0.29) is 18.2 Å². The smallest absolute Gasteiger partial charge is 0.273 e. The highest BCUT2D eigenvalue weighted by atomic mass is 16.6. The van der Waals surface area contributed by atoms with E-state index in [2.05, 4.69) is 20.8 Å². The first-order valence-electron chi connectivity index (χ1n) is 9.70. The highest BCUT2D eigenvalue weighted by Crippen LogP contribution is 2.18. The number of likely N-dealkylation sites (N-methyl/N-ethyl adjacent to an activating group) is 1. The minimum Gasteiger partial charge on any atom is -0.399 e. The summed E-state index contributed by atoms with van der Waals surface area (Å²) < 4.78 is 0. The van der Waals surface area contributed by atoms with E-state index < -0.39 is 0 Å². The number of rotatable bonds is 9. The number of nitrogens with one attached hydrogen (secondary N) is 1.